The number of hydrogen-bond acceptors (Lipinski definition) is 10. The van der Waals surface area contributed by atoms with Crippen LogP contribution < -0.4 is 19.7 Å². The first kappa shape index (κ1) is 44.3. The van der Waals surface area contributed by atoms with Crippen molar-refractivity contribution in [3.63, 3.8) is 0 Å². The van der Waals surface area contributed by atoms with Crippen molar-refractivity contribution >= 4 is 52.6 Å². The van der Waals surface area contributed by atoms with Crippen molar-refractivity contribution in [3.05, 3.63) is 94.9 Å². The van der Waals surface area contributed by atoms with Gasteiger partial charge in [-0.15, -0.1) is 11.3 Å². The average molecular weight is 898 g/mol. The van der Waals surface area contributed by atoms with E-state index < -0.39 is 49.0 Å². The van der Waals surface area contributed by atoms with Gasteiger partial charge in [-0.05, 0) is 111 Å². The number of carbonyl (C=O) groups excluding carboxylic acids is 4. The molecule has 8 rings (SSSR count). The summed E-state index contributed by atoms with van der Waals surface area (Å²) in [6.07, 6.45) is 5.97. The molecule has 4 aromatic rings. The van der Waals surface area contributed by atoms with Crippen LogP contribution in [-0.2, 0) is 23.7 Å². The normalized spacial score (nSPS) is 24.6. The number of para-hydroxylation sites is 1. The topological polar surface area (TPSA) is 167 Å². The van der Waals surface area contributed by atoms with Crippen molar-refractivity contribution in [1.82, 2.24) is 20.2 Å². The molecule has 3 amide bonds. The van der Waals surface area contributed by atoms with E-state index in [2.05, 4.69) is 16.5 Å². The maximum atomic E-state index is 16.6. The number of ether oxygens (including phenoxy) is 2. The number of nitrogens with one attached hydrogen (secondary N) is 2. The smallest absolute Gasteiger partial charge is 0.355 e. The molecule has 16 heteroatoms. The Bertz CT molecular complexity index is 2460. The number of nitriles is 1. The van der Waals surface area contributed by atoms with E-state index >= 15 is 4.39 Å². The number of likely N-dealkylation sites (tertiary alicyclic amines) is 1. The number of fused-ring (bicyclic) bond motifs is 2. The third kappa shape index (κ3) is 8.82. The van der Waals surface area contributed by atoms with Crippen molar-refractivity contribution in [2.45, 2.75) is 113 Å². The van der Waals surface area contributed by atoms with Gasteiger partial charge in [0, 0.05) is 23.2 Å². The second kappa shape index (κ2) is 18.4. The molecule has 1 saturated carbocycles. The number of esters is 1. The van der Waals surface area contributed by atoms with Crippen molar-refractivity contribution in [1.29, 1.82) is 5.26 Å². The Labute approximate surface area is 370 Å². The molecule has 0 radical (unpaired) electrons. The molecule has 3 saturated heterocycles. The van der Waals surface area contributed by atoms with Crippen LogP contribution in [0.15, 0.2) is 78.9 Å². The monoisotopic (exact) mass is 897 g/mol. The predicted molar refractivity (Wildman–Crippen MR) is 236 cm³/mol. The fourth-order valence-corrected chi connectivity index (χ4v) is 12.5. The summed E-state index contributed by atoms with van der Waals surface area (Å²) in [4.78, 5) is 59.8. The van der Waals surface area contributed by atoms with Crippen molar-refractivity contribution in [3.8, 4) is 17.6 Å². The van der Waals surface area contributed by atoms with E-state index in [9.17, 15) is 29.0 Å². The molecule has 4 fully saturated rings. The minimum Gasteiger partial charge on any atom is -0.497 e. The number of halogens is 1. The lowest BCUT2D eigenvalue weighted by Gasteiger charge is -2.37. The average Bonchev–Trinajstić information content (AvgIpc) is 3.61. The van der Waals surface area contributed by atoms with Crippen molar-refractivity contribution in [2.75, 3.05) is 20.3 Å². The van der Waals surface area contributed by atoms with Crippen molar-refractivity contribution in [2.24, 2.45) is 5.92 Å². The SMILES string of the molecule is CCCOC(=O)[C@H](C)NP(=O)(Oc1ccccc1)[C@@H](F)c1ccc2sc(C(=O)N[C@H]3CCCC[C@H]4CC[C@@H](C(=O)N5C[C@H](c6cccc(OC)c6)[C@@H](C#N)C56CC6)N4C3=O)cc2c1. The van der Waals surface area contributed by atoms with Gasteiger partial charge in [0.15, 0.2) is 0 Å². The summed E-state index contributed by atoms with van der Waals surface area (Å²) in [6, 6.07) is 21.7. The van der Waals surface area contributed by atoms with Crippen molar-refractivity contribution < 1.29 is 42.1 Å². The van der Waals surface area contributed by atoms with Gasteiger partial charge in [-0.1, -0.05) is 56.2 Å². The van der Waals surface area contributed by atoms with E-state index in [1.807, 2.05) is 36.1 Å². The summed E-state index contributed by atoms with van der Waals surface area (Å²) >= 11 is 1.18. The van der Waals surface area contributed by atoms with E-state index in [0.717, 1.165) is 37.7 Å². The Hall–Kier alpha value is -5.29. The minimum atomic E-state index is -4.46. The fraction of sp³-hybridized carbons (Fsp3) is 0.468. The first-order chi connectivity index (χ1) is 30.4. The number of methoxy groups -OCH3 is 1. The molecule has 8 atom stereocenters. The number of hydrogen-bond donors (Lipinski definition) is 2. The zero-order chi connectivity index (χ0) is 44.5. The van der Waals surface area contributed by atoms with Crippen LogP contribution in [-0.4, -0.2) is 83.5 Å². The highest BCUT2D eigenvalue weighted by Crippen LogP contribution is 2.59. The Morgan fingerprint density at radius 3 is 2.49 bits per heavy atom. The van der Waals surface area contributed by atoms with Crippen LogP contribution in [0.3, 0.4) is 0 Å². The number of benzene rings is 3. The van der Waals surface area contributed by atoms with E-state index in [-0.39, 0.29) is 47.6 Å². The number of alkyl halides is 1. The van der Waals surface area contributed by atoms with Crippen LogP contribution in [0.4, 0.5) is 4.39 Å². The van der Waals surface area contributed by atoms with Crippen LogP contribution >= 0.6 is 18.9 Å². The first-order valence-electron chi connectivity index (χ1n) is 21.8. The quantitative estimate of drug-likeness (QED) is 0.0927. The van der Waals surface area contributed by atoms with E-state index in [1.165, 1.54) is 42.5 Å². The third-order valence-electron chi connectivity index (χ3n) is 13.0. The Morgan fingerprint density at radius 1 is 1.00 bits per heavy atom. The minimum absolute atomic E-state index is 0.0148. The highest BCUT2D eigenvalue weighted by molar-refractivity contribution is 7.57. The number of rotatable bonds is 14. The summed E-state index contributed by atoms with van der Waals surface area (Å²) in [5, 5.41) is 16.5. The maximum Gasteiger partial charge on any atom is 0.355 e. The second-order valence-corrected chi connectivity index (χ2v) is 20.3. The molecular formula is C47H53FN5O8PS. The molecule has 332 valence electrons. The van der Waals surface area contributed by atoms with Gasteiger partial charge in [-0.25, -0.2) is 9.48 Å². The molecule has 1 aromatic heterocycles. The van der Waals surface area contributed by atoms with Crippen LogP contribution in [0, 0.1) is 17.2 Å². The molecule has 0 bridgehead atoms. The third-order valence-corrected chi connectivity index (χ3v) is 16.2. The van der Waals surface area contributed by atoms with Gasteiger partial charge in [0.2, 0.25) is 17.7 Å². The van der Waals surface area contributed by atoms with Gasteiger partial charge < -0.3 is 29.1 Å². The molecule has 3 aliphatic heterocycles. The van der Waals surface area contributed by atoms with Gasteiger partial charge in [-0.3, -0.25) is 23.7 Å². The Kier molecular flexibility index (Phi) is 13.0. The number of carbonyl (C=O) groups is 4. The van der Waals surface area contributed by atoms with Gasteiger partial charge in [0.1, 0.15) is 29.6 Å². The summed E-state index contributed by atoms with van der Waals surface area (Å²) in [5.41, 5.74) is 0.397. The summed E-state index contributed by atoms with van der Waals surface area (Å²) in [6.45, 7) is 3.81. The highest BCUT2D eigenvalue weighted by atomic mass is 32.1. The molecule has 1 aliphatic carbocycles. The molecule has 1 unspecified atom stereocenters. The van der Waals surface area contributed by atoms with Crippen LogP contribution in [0.25, 0.3) is 10.1 Å². The fourth-order valence-electron chi connectivity index (χ4n) is 9.69. The first-order valence-corrected chi connectivity index (χ1v) is 24.3. The highest BCUT2D eigenvalue weighted by Gasteiger charge is 2.64. The zero-order valence-corrected chi connectivity index (χ0v) is 37.4. The summed E-state index contributed by atoms with van der Waals surface area (Å²) in [5.74, 6) is -3.53. The number of thiophene rings is 1. The Balaban J connectivity index is 0.991. The lowest BCUT2D eigenvalue weighted by Crippen LogP contribution is -2.57. The zero-order valence-electron chi connectivity index (χ0n) is 35.7. The van der Waals surface area contributed by atoms with Crippen LogP contribution in [0.5, 0.6) is 11.5 Å². The number of amides is 3. The molecule has 3 aromatic carbocycles. The predicted octanol–water partition coefficient (Wildman–Crippen LogP) is 8.41. The Morgan fingerprint density at radius 2 is 1.76 bits per heavy atom. The van der Waals surface area contributed by atoms with E-state index in [0.29, 0.717) is 52.9 Å². The molecule has 63 heavy (non-hydrogen) atoms. The van der Waals surface area contributed by atoms with Crippen LogP contribution in [0.1, 0.15) is 104 Å². The molecule has 4 aliphatic rings. The maximum absolute atomic E-state index is 16.6. The van der Waals surface area contributed by atoms with Gasteiger partial charge >= 0.3 is 13.5 Å². The molecule has 2 N–H and O–H groups in total. The molecule has 1 spiro atoms. The lowest BCUT2D eigenvalue weighted by atomic mass is 9.85. The van der Waals surface area contributed by atoms with E-state index in [4.69, 9.17) is 14.0 Å². The summed E-state index contributed by atoms with van der Waals surface area (Å²) in [7, 11) is -2.86. The summed E-state index contributed by atoms with van der Waals surface area (Å²) < 4.78 is 48.0. The molecule has 4 heterocycles. The number of nitrogens with zero attached hydrogens (tertiary/aromatic N) is 3. The largest absolute Gasteiger partial charge is 0.497 e. The molecule has 13 nitrogen and oxygen atoms in total. The van der Waals surface area contributed by atoms with Gasteiger partial charge in [-0.2, -0.15) is 5.26 Å². The van der Waals surface area contributed by atoms with E-state index in [1.54, 1.807) is 42.3 Å². The second-order valence-electron chi connectivity index (χ2n) is 17.1. The van der Waals surface area contributed by atoms with Crippen LogP contribution in [0.2, 0.25) is 0 Å². The van der Waals surface area contributed by atoms with Gasteiger partial charge in [0.25, 0.3) is 5.91 Å². The lowest BCUT2D eigenvalue weighted by molar-refractivity contribution is -0.148. The molecular weight excluding hydrogens is 845 g/mol. The van der Waals surface area contributed by atoms with Gasteiger partial charge in [0.05, 0.1) is 36.1 Å². The standard InChI is InChI=1S/C47H53FN5O8PS/c1-4-23-60-46(57)29(2)51-62(58,61-34-13-6-5-7-14-34)42(48)31-17-20-40-32(24-31)26-41(63-40)43(54)50-38-16-9-8-12-33-18-19-39(53(33)44(38)55)45(56)52-28-36(37(27-49)47(52)21-22-47)30-11-10-15-35(25-30)59-3/h5-7,10-11,13-15,17,20,24-26,29,33,36-39,42H,4,8-9,12,16,18-19,21-23,28H2,1-3H3,(H,50,54)(H,51,58)/t29-,33-,36+,37+,38-,39-,42+,62?/m0/s1.